The summed E-state index contributed by atoms with van der Waals surface area (Å²) in [6.45, 7) is 9.19. The Kier molecular flexibility index (Phi) is 6.20. The minimum absolute atomic E-state index is 0.105. The average Bonchev–Trinajstić information content (AvgIpc) is 3.24. The van der Waals surface area contributed by atoms with Crippen LogP contribution in [0.5, 0.6) is 0 Å². The van der Waals surface area contributed by atoms with E-state index in [1.165, 1.54) is 17.0 Å². The third-order valence-electron chi connectivity index (χ3n) is 6.13. The fourth-order valence-corrected chi connectivity index (χ4v) is 5.65. The molecule has 2 unspecified atom stereocenters. The molecule has 33 heavy (non-hydrogen) atoms. The van der Waals surface area contributed by atoms with Crippen LogP contribution in [0.25, 0.3) is 0 Å². The molecule has 174 valence electrons. The number of aryl methyl sites for hydroxylation is 2. The highest BCUT2D eigenvalue weighted by Crippen LogP contribution is 2.43. The standard InChI is InChI=1S/C24H29N5O2S2/c1-6-28-16(3)14-19(17(28)4)23-22(21-9-7-8-12-25-21)26-24(32)29(23)18-10-11-20(15(2)13-18)27-33(5,30)31/h7-14,22-23,27H,6H2,1-5H3,(H,26,32). The zero-order valence-electron chi connectivity index (χ0n) is 19.5. The average molecular weight is 484 g/mol. The molecule has 1 aromatic carbocycles. The molecule has 1 saturated heterocycles. The van der Waals surface area contributed by atoms with Crippen molar-refractivity contribution in [2.24, 2.45) is 0 Å². The second kappa shape index (κ2) is 8.79. The lowest BCUT2D eigenvalue weighted by atomic mass is 9.96. The Morgan fingerprint density at radius 1 is 1.15 bits per heavy atom. The summed E-state index contributed by atoms with van der Waals surface area (Å²) in [5.74, 6) is 0. The number of rotatable bonds is 6. The molecule has 0 radical (unpaired) electrons. The molecule has 2 N–H and O–H groups in total. The Morgan fingerprint density at radius 3 is 2.48 bits per heavy atom. The minimum Gasteiger partial charge on any atom is -0.351 e. The van der Waals surface area contributed by atoms with Gasteiger partial charge in [-0.15, -0.1) is 0 Å². The van der Waals surface area contributed by atoms with E-state index in [1.807, 2.05) is 37.3 Å². The van der Waals surface area contributed by atoms with Gasteiger partial charge in [-0.25, -0.2) is 8.42 Å². The van der Waals surface area contributed by atoms with Crippen LogP contribution in [0.2, 0.25) is 0 Å². The second-order valence-corrected chi connectivity index (χ2v) is 10.6. The molecule has 1 aliphatic rings. The molecule has 0 amide bonds. The van der Waals surface area contributed by atoms with Gasteiger partial charge in [0.25, 0.3) is 0 Å². The number of sulfonamides is 1. The number of aromatic nitrogens is 2. The van der Waals surface area contributed by atoms with Crippen molar-refractivity contribution in [3.63, 3.8) is 0 Å². The van der Waals surface area contributed by atoms with Crippen LogP contribution in [0.4, 0.5) is 11.4 Å². The quantitative estimate of drug-likeness (QED) is 0.507. The predicted octanol–water partition coefficient (Wildman–Crippen LogP) is 4.38. The molecule has 0 bridgehead atoms. The van der Waals surface area contributed by atoms with Gasteiger partial charge in [0.2, 0.25) is 10.0 Å². The van der Waals surface area contributed by atoms with Crippen molar-refractivity contribution >= 4 is 38.7 Å². The lowest BCUT2D eigenvalue weighted by molar-refractivity contribution is 0.563. The van der Waals surface area contributed by atoms with E-state index < -0.39 is 10.0 Å². The van der Waals surface area contributed by atoms with Gasteiger partial charge in [0.15, 0.2) is 5.11 Å². The molecular weight excluding hydrogens is 454 g/mol. The molecule has 3 aromatic rings. The first-order valence-electron chi connectivity index (χ1n) is 10.9. The smallest absolute Gasteiger partial charge is 0.229 e. The largest absolute Gasteiger partial charge is 0.351 e. The summed E-state index contributed by atoms with van der Waals surface area (Å²) in [5.41, 5.74) is 6.78. The lowest BCUT2D eigenvalue weighted by Crippen LogP contribution is -2.29. The van der Waals surface area contributed by atoms with Gasteiger partial charge < -0.3 is 14.8 Å². The van der Waals surface area contributed by atoms with Gasteiger partial charge in [0, 0.05) is 29.8 Å². The van der Waals surface area contributed by atoms with E-state index in [9.17, 15) is 8.42 Å². The van der Waals surface area contributed by atoms with E-state index in [-0.39, 0.29) is 12.1 Å². The molecule has 2 aromatic heterocycles. The highest BCUT2D eigenvalue weighted by Gasteiger charge is 2.42. The Balaban J connectivity index is 1.84. The van der Waals surface area contributed by atoms with Crippen molar-refractivity contribution in [3.05, 3.63) is 76.9 Å². The fourth-order valence-electron chi connectivity index (χ4n) is 4.67. The first-order valence-corrected chi connectivity index (χ1v) is 13.2. The maximum atomic E-state index is 11.7. The van der Waals surface area contributed by atoms with Gasteiger partial charge in [0.1, 0.15) is 0 Å². The molecule has 3 heterocycles. The molecule has 4 rings (SSSR count). The summed E-state index contributed by atoms with van der Waals surface area (Å²) < 4.78 is 28.3. The maximum absolute atomic E-state index is 11.7. The van der Waals surface area contributed by atoms with E-state index in [4.69, 9.17) is 12.2 Å². The molecular formula is C24H29N5O2S2. The zero-order chi connectivity index (χ0) is 23.9. The summed E-state index contributed by atoms with van der Waals surface area (Å²) in [4.78, 5) is 6.74. The SMILES string of the molecule is CCn1c(C)cc(C2C(c3ccccn3)NC(=S)N2c2ccc(NS(C)(=O)=O)c(C)c2)c1C. The van der Waals surface area contributed by atoms with Gasteiger partial charge in [0.05, 0.1) is 29.7 Å². The molecule has 0 saturated carbocycles. The number of hydrogen-bond donors (Lipinski definition) is 2. The number of thiocarbonyl (C=S) groups is 1. The topological polar surface area (TPSA) is 79.3 Å². The van der Waals surface area contributed by atoms with Gasteiger partial charge >= 0.3 is 0 Å². The molecule has 0 aliphatic carbocycles. The predicted molar refractivity (Wildman–Crippen MR) is 137 cm³/mol. The number of nitrogens with zero attached hydrogens (tertiary/aromatic N) is 3. The molecule has 1 aliphatic heterocycles. The normalized spacial score (nSPS) is 18.5. The van der Waals surface area contributed by atoms with Gasteiger partial charge in [-0.2, -0.15) is 0 Å². The van der Waals surface area contributed by atoms with Crippen LogP contribution in [0, 0.1) is 20.8 Å². The third kappa shape index (κ3) is 4.47. The molecule has 2 atom stereocenters. The van der Waals surface area contributed by atoms with E-state index in [0.717, 1.165) is 29.7 Å². The summed E-state index contributed by atoms with van der Waals surface area (Å²) in [7, 11) is -3.36. The Morgan fingerprint density at radius 2 is 1.91 bits per heavy atom. The molecule has 1 fully saturated rings. The molecule has 0 spiro atoms. The zero-order valence-corrected chi connectivity index (χ0v) is 21.1. The number of benzene rings is 1. The van der Waals surface area contributed by atoms with E-state index in [2.05, 4.69) is 51.3 Å². The van der Waals surface area contributed by atoms with Gasteiger partial charge in [-0.3, -0.25) is 9.71 Å². The van der Waals surface area contributed by atoms with Gasteiger partial charge in [-0.05, 0) is 87.4 Å². The van der Waals surface area contributed by atoms with Crippen molar-refractivity contribution in [2.75, 3.05) is 15.9 Å². The van der Waals surface area contributed by atoms with Crippen molar-refractivity contribution in [2.45, 2.75) is 46.3 Å². The minimum atomic E-state index is -3.36. The van der Waals surface area contributed by atoms with Crippen molar-refractivity contribution in [1.29, 1.82) is 0 Å². The number of hydrogen-bond acceptors (Lipinski definition) is 4. The summed E-state index contributed by atoms with van der Waals surface area (Å²) >= 11 is 5.82. The first-order chi connectivity index (χ1) is 15.6. The van der Waals surface area contributed by atoms with Crippen LogP contribution >= 0.6 is 12.2 Å². The van der Waals surface area contributed by atoms with E-state index in [1.54, 1.807) is 12.3 Å². The molecule has 7 nitrogen and oxygen atoms in total. The molecule has 9 heteroatoms. The Hall–Kier alpha value is -2.91. The Bertz CT molecular complexity index is 1300. The van der Waals surface area contributed by atoms with Crippen LogP contribution < -0.4 is 14.9 Å². The van der Waals surface area contributed by atoms with Crippen LogP contribution in [-0.4, -0.2) is 29.3 Å². The van der Waals surface area contributed by atoms with Crippen LogP contribution in [0.1, 0.15) is 47.2 Å². The summed E-state index contributed by atoms with van der Waals surface area (Å²) in [6.07, 6.45) is 2.95. The van der Waals surface area contributed by atoms with Crippen LogP contribution in [0.3, 0.4) is 0 Å². The van der Waals surface area contributed by atoms with Crippen molar-refractivity contribution in [3.8, 4) is 0 Å². The highest BCUT2D eigenvalue weighted by molar-refractivity contribution is 7.92. The first kappa shape index (κ1) is 23.3. The summed E-state index contributed by atoms with van der Waals surface area (Å²) in [6, 6.07) is 13.6. The van der Waals surface area contributed by atoms with Crippen LogP contribution in [-0.2, 0) is 16.6 Å². The number of anilines is 2. The number of nitrogens with one attached hydrogen (secondary N) is 2. The van der Waals surface area contributed by atoms with Gasteiger partial charge in [-0.1, -0.05) is 6.07 Å². The highest BCUT2D eigenvalue weighted by atomic mass is 32.2. The van der Waals surface area contributed by atoms with Crippen LogP contribution in [0.15, 0.2) is 48.7 Å². The van der Waals surface area contributed by atoms with E-state index in [0.29, 0.717) is 10.8 Å². The van der Waals surface area contributed by atoms with Crippen molar-refractivity contribution in [1.82, 2.24) is 14.9 Å². The third-order valence-corrected chi connectivity index (χ3v) is 7.03. The van der Waals surface area contributed by atoms with Crippen molar-refractivity contribution < 1.29 is 8.42 Å². The lowest BCUT2D eigenvalue weighted by Gasteiger charge is -2.28. The summed E-state index contributed by atoms with van der Waals surface area (Å²) in [5, 5.41) is 4.10. The maximum Gasteiger partial charge on any atom is 0.229 e. The Labute approximate surface area is 200 Å². The fraction of sp³-hybridized carbons (Fsp3) is 0.333. The van der Waals surface area contributed by atoms with E-state index >= 15 is 0 Å². The number of pyridine rings is 1. The second-order valence-electron chi connectivity index (χ2n) is 8.44. The monoisotopic (exact) mass is 483 g/mol.